The number of benzene rings is 1. The second-order valence-corrected chi connectivity index (χ2v) is 7.46. The van der Waals surface area contributed by atoms with Crippen molar-refractivity contribution in [3.8, 4) is 11.5 Å². The topological polar surface area (TPSA) is 54.3 Å². The molecular weight excluding hydrogens is 292 g/mol. The molecule has 0 bridgehead atoms. The molecule has 0 amide bonds. The summed E-state index contributed by atoms with van der Waals surface area (Å²) < 4.78 is 11.6. The first-order valence-electron chi connectivity index (χ1n) is 8.58. The minimum Gasteiger partial charge on any atom is -0.454 e. The summed E-state index contributed by atoms with van der Waals surface area (Å²) >= 11 is 0. The third-order valence-corrected chi connectivity index (χ3v) is 6.43. The summed E-state index contributed by atoms with van der Waals surface area (Å²) in [7, 11) is 2.24. The molecular formula is C18H22N2O3. The van der Waals surface area contributed by atoms with E-state index in [2.05, 4.69) is 23.2 Å². The monoisotopic (exact) mass is 314 g/mol. The van der Waals surface area contributed by atoms with E-state index in [9.17, 15) is 0 Å². The summed E-state index contributed by atoms with van der Waals surface area (Å²) in [5.74, 6) is 1.93. The van der Waals surface area contributed by atoms with E-state index in [0.29, 0.717) is 12.8 Å². The van der Waals surface area contributed by atoms with Crippen molar-refractivity contribution in [2.75, 3.05) is 20.4 Å². The molecule has 1 spiro atoms. The number of fused-ring (bicyclic) bond motifs is 3. The van der Waals surface area contributed by atoms with Gasteiger partial charge in [-0.2, -0.15) is 0 Å². The average Bonchev–Trinajstić information content (AvgIpc) is 3.16. The Balaban J connectivity index is 1.69. The Labute approximate surface area is 135 Å². The smallest absolute Gasteiger partial charge is 0.231 e. The van der Waals surface area contributed by atoms with Gasteiger partial charge in [-0.3, -0.25) is 4.90 Å². The van der Waals surface area contributed by atoms with Gasteiger partial charge < -0.3 is 14.7 Å². The average molecular weight is 314 g/mol. The highest BCUT2D eigenvalue weighted by Crippen LogP contribution is 2.61. The Morgan fingerprint density at radius 1 is 1.26 bits per heavy atom. The molecule has 2 aliphatic carbocycles. The van der Waals surface area contributed by atoms with Gasteiger partial charge in [0.15, 0.2) is 11.5 Å². The molecule has 5 heteroatoms. The van der Waals surface area contributed by atoms with Gasteiger partial charge in [-0.15, -0.1) is 0 Å². The zero-order valence-electron chi connectivity index (χ0n) is 13.5. The van der Waals surface area contributed by atoms with E-state index in [1.807, 2.05) is 0 Å². The van der Waals surface area contributed by atoms with E-state index in [0.717, 1.165) is 62.3 Å². The second kappa shape index (κ2) is 4.63. The molecule has 0 aromatic heterocycles. The van der Waals surface area contributed by atoms with Gasteiger partial charge in [0.2, 0.25) is 6.79 Å². The number of oxime groups is 1. The van der Waals surface area contributed by atoms with Crippen LogP contribution in [0.5, 0.6) is 11.5 Å². The lowest BCUT2D eigenvalue weighted by molar-refractivity contribution is 0.169. The highest BCUT2D eigenvalue weighted by atomic mass is 16.7. The van der Waals surface area contributed by atoms with E-state index < -0.39 is 0 Å². The van der Waals surface area contributed by atoms with Gasteiger partial charge in [-0.05, 0) is 62.8 Å². The molecule has 1 aromatic rings. The number of likely N-dealkylation sites (N-methyl/N-ethyl adjacent to an activating group) is 1. The van der Waals surface area contributed by atoms with Gasteiger partial charge in [-0.25, -0.2) is 0 Å². The fourth-order valence-electron chi connectivity index (χ4n) is 5.20. The fourth-order valence-corrected chi connectivity index (χ4v) is 5.20. The predicted octanol–water partition coefficient (Wildman–Crippen LogP) is 2.99. The molecule has 5 nitrogen and oxygen atoms in total. The number of nitrogens with zero attached hydrogens (tertiary/aromatic N) is 2. The maximum absolute atomic E-state index is 9.10. The second-order valence-electron chi connectivity index (χ2n) is 7.46. The Hall–Kier alpha value is -1.75. The predicted molar refractivity (Wildman–Crippen MR) is 85.6 cm³/mol. The zero-order chi connectivity index (χ0) is 15.6. The first kappa shape index (κ1) is 13.7. The first-order valence-corrected chi connectivity index (χ1v) is 8.58. The van der Waals surface area contributed by atoms with Gasteiger partial charge in [0.1, 0.15) is 0 Å². The van der Waals surface area contributed by atoms with Crippen LogP contribution >= 0.6 is 0 Å². The summed E-state index contributed by atoms with van der Waals surface area (Å²) in [6, 6.07) is 2.71. The molecule has 1 fully saturated rings. The zero-order valence-corrected chi connectivity index (χ0v) is 13.5. The van der Waals surface area contributed by atoms with E-state index in [-0.39, 0.29) is 5.41 Å². The summed E-state index contributed by atoms with van der Waals surface area (Å²) in [6.07, 6.45) is 6.10. The van der Waals surface area contributed by atoms with Crippen molar-refractivity contribution in [3.05, 3.63) is 22.8 Å². The Kier molecular flexibility index (Phi) is 2.75. The standard InChI is InChI=1S/C18H22N2O3/c1-20-7-4-11-8-14-17(23-10-22-14)16-15(11)13(20)9-18(16)5-2-12(19-21)3-6-18/h8,13,21H,2-7,9-10H2,1H3/t13-,18?/m0/s1. The van der Waals surface area contributed by atoms with Crippen molar-refractivity contribution in [2.45, 2.75) is 50.0 Å². The van der Waals surface area contributed by atoms with E-state index in [1.165, 1.54) is 16.7 Å². The number of hydrogen-bond donors (Lipinski definition) is 1. The van der Waals surface area contributed by atoms with E-state index >= 15 is 0 Å². The number of rotatable bonds is 0. The Morgan fingerprint density at radius 3 is 2.87 bits per heavy atom. The largest absolute Gasteiger partial charge is 0.454 e. The molecule has 122 valence electrons. The number of hydrogen-bond acceptors (Lipinski definition) is 5. The van der Waals surface area contributed by atoms with Crippen LogP contribution in [0.2, 0.25) is 0 Å². The highest BCUT2D eigenvalue weighted by molar-refractivity contribution is 5.85. The maximum atomic E-state index is 9.10. The lowest BCUT2D eigenvalue weighted by Gasteiger charge is -2.36. The summed E-state index contributed by atoms with van der Waals surface area (Å²) in [4.78, 5) is 2.50. The third-order valence-electron chi connectivity index (χ3n) is 6.43. The quantitative estimate of drug-likeness (QED) is 0.591. The third kappa shape index (κ3) is 1.74. The summed E-state index contributed by atoms with van der Waals surface area (Å²) in [5, 5.41) is 12.6. The molecule has 2 aliphatic heterocycles. The Bertz CT molecular complexity index is 703. The molecule has 4 aliphatic rings. The Morgan fingerprint density at radius 2 is 2.09 bits per heavy atom. The lowest BCUT2D eigenvalue weighted by Crippen LogP contribution is -2.33. The van der Waals surface area contributed by atoms with Crippen LogP contribution in [0.15, 0.2) is 11.2 Å². The maximum Gasteiger partial charge on any atom is 0.231 e. The van der Waals surface area contributed by atoms with Gasteiger partial charge in [0, 0.05) is 23.6 Å². The molecule has 0 unspecified atom stereocenters. The molecule has 1 saturated carbocycles. The van der Waals surface area contributed by atoms with Crippen LogP contribution in [0.1, 0.15) is 54.8 Å². The van der Waals surface area contributed by atoms with Gasteiger partial charge >= 0.3 is 0 Å². The minimum absolute atomic E-state index is 0.153. The summed E-state index contributed by atoms with van der Waals surface area (Å²) in [5.41, 5.74) is 5.46. The van der Waals surface area contributed by atoms with Crippen LogP contribution in [0.3, 0.4) is 0 Å². The fraction of sp³-hybridized carbons (Fsp3) is 0.611. The van der Waals surface area contributed by atoms with Crippen molar-refractivity contribution in [1.29, 1.82) is 0 Å². The van der Waals surface area contributed by atoms with Crippen LogP contribution < -0.4 is 9.47 Å². The van der Waals surface area contributed by atoms with Gasteiger partial charge in [0.25, 0.3) is 0 Å². The SMILES string of the molecule is CN1CCc2cc3c(c4c2[C@@H]1CC41CCC(=NO)CC1)OCO3. The number of ether oxygens (including phenoxy) is 2. The van der Waals surface area contributed by atoms with Crippen molar-refractivity contribution in [2.24, 2.45) is 5.16 Å². The summed E-state index contributed by atoms with van der Waals surface area (Å²) in [6.45, 7) is 1.45. The van der Waals surface area contributed by atoms with Crippen LogP contribution in [-0.2, 0) is 11.8 Å². The minimum atomic E-state index is 0.153. The van der Waals surface area contributed by atoms with Crippen LogP contribution in [-0.4, -0.2) is 36.2 Å². The van der Waals surface area contributed by atoms with E-state index in [1.54, 1.807) is 0 Å². The molecule has 1 aromatic carbocycles. The molecule has 0 radical (unpaired) electrons. The van der Waals surface area contributed by atoms with Crippen LogP contribution in [0.4, 0.5) is 0 Å². The van der Waals surface area contributed by atoms with Gasteiger partial charge in [-0.1, -0.05) is 5.16 Å². The van der Waals surface area contributed by atoms with Crippen molar-refractivity contribution >= 4 is 5.71 Å². The molecule has 5 rings (SSSR count). The van der Waals surface area contributed by atoms with Gasteiger partial charge in [0.05, 0.1) is 5.71 Å². The molecule has 1 atom stereocenters. The first-order chi connectivity index (χ1) is 11.2. The lowest BCUT2D eigenvalue weighted by atomic mass is 9.69. The normalized spacial score (nSPS) is 31.5. The molecule has 1 N–H and O–H groups in total. The molecule has 23 heavy (non-hydrogen) atoms. The van der Waals surface area contributed by atoms with Crippen LogP contribution in [0.25, 0.3) is 0 Å². The van der Waals surface area contributed by atoms with Crippen molar-refractivity contribution in [3.63, 3.8) is 0 Å². The molecule has 2 heterocycles. The highest BCUT2D eigenvalue weighted by Gasteiger charge is 2.51. The van der Waals surface area contributed by atoms with Crippen molar-refractivity contribution < 1.29 is 14.7 Å². The van der Waals surface area contributed by atoms with Crippen LogP contribution in [0, 0.1) is 0 Å². The molecule has 0 saturated heterocycles. The van der Waals surface area contributed by atoms with Crippen molar-refractivity contribution in [1.82, 2.24) is 4.90 Å². The van der Waals surface area contributed by atoms with E-state index in [4.69, 9.17) is 14.7 Å².